The van der Waals surface area contributed by atoms with Crippen molar-refractivity contribution in [2.75, 3.05) is 13.1 Å². The molecular formula is C17H26ClN3O3. The van der Waals surface area contributed by atoms with Gasteiger partial charge in [0.2, 0.25) is 5.91 Å². The van der Waals surface area contributed by atoms with Crippen molar-refractivity contribution in [3.05, 3.63) is 39.9 Å². The molecule has 1 aromatic carbocycles. The van der Waals surface area contributed by atoms with E-state index >= 15 is 0 Å². The lowest BCUT2D eigenvalue weighted by molar-refractivity contribution is -0.384. The third kappa shape index (κ3) is 5.76. The van der Waals surface area contributed by atoms with Gasteiger partial charge in [0, 0.05) is 18.6 Å². The maximum absolute atomic E-state index is 12.2. The number of nitro groups is 1. The summed E-state index contributed by atoms with van der Waals surface area (Å²) in [5.74, 6) is 0.663. The van der Waals surface area contributed by atoms with E-state index in [1.54, 1.807) is 12.1 Å². The van der Waals surface area contributed by atoms with Crippen LogP contribution < -0.4 is 10.6 Å². The Morgan fingerprint density at radius 2 is 1.88 bits per heavy atom. The highest BCUT2D eigenvalue weighted by Crippen LogP contribution is 2.24. The highest BCUT2D eigenvalue weighted by atomic mass is 35.5. The lowest BCUT2D eigenvalue weighted by atomic mass is 9.91. The van der Waals surface area contributed by atoms with Crippen LogP contribution in [0.1, 0.15) is 45.1 Å². The van der Waals surface area contributed by atoms with E-state index in [0.29, 0.717) is 12.3 Å². The summed E-state index contributed by atoms with van der Waals surface area (Å²) < 4.78 is 0. The maximum atomic E-state index is 12.2. The van der Waals surface area contributed by atoms with E-state index in [9.17, 15) is 14.9 Å². The summed E-state index contributed by atoms with van der Waals surface area (Å²) >= 11 is 0. The number of hydrogen-bond donors (Lipinski definition) is 2. The van der Waals surface area contributed by atoms with Gasteiger partial charge in [0.1, 0.15) is 0 Å². The van der Waals surface area contributed by atoms with Crippen LogP contribution in [0.2, 0.25) is 0 Å². The number of rotatable bonds is 6. The van der Waals surface area contributed by atoms with E-state index < -0.39 is 10.5 Å². The van der Waals surface area contributed by atoms with Crippen LogP contribution in [0, 0.1) is 16.0 Å². The molecular weight excluding hydrogens is 330 g/mol. The second-order valence-electron chi connectivity index (χ2n) is 6.71. The highest BCUT2D eigenvalue weighted by molar-refractivity contribution is 5.85. The van der Waals surface area contributed by atoms with Crippen molar-refractivity contribution in [3.8, 4) is 0 Å². The smallest absolute Gasteiger partial charge is 0.269 e. The van der Waals surface area contributed by atoms with Crippen molar-refractivity contribution in [1.82, 2.24) is 10.6 Å². The molecule has 2 rings (SSSR count). The molecule has 2 N–H and O–H groups in total. The molecule has 1 aliphatic rings. The molecule has 0 aromatic heterocycles. The molecule has 1 amide bonds. The average Bonchev–Trinajstić information content (AvgIpc) is 2.53. The first-order chi connectivity index (χ1) is 10.9. The molecule has 0 saturated carbocycles. The lowest BCUT2D eigenvalue weighted by Crippen LogP contribution is -2.41. The van der Waals surface area contributed by atoms with Gasteiger partial charge in [0.15, 0.2) is 0 Å². The van der Waals surface area contributed by atoms with Gasteiger partial charge in [-0.25, -0.2) is 0 Å². The molecule has 0 bridgehead atoms. The molecule has 0 radical (unpaired) electrons. The van der Waals surface area contributed by atoms with Crippen molar-refractivity contribution in [1.29, 1.82) is 0 Å². The fourth-order valence-corrected chi connectivity index (χ4v) is 2.99. The Morgan fingerprint density at radius 1 is 1.29 bits per heavy atom. The van der Waals surface area contributed by atoms with Gasteiger partial charge in [-0.1, -0.05) is 0 Å². The van der Waals surface area contributed by atoms with Gasteiger partial charge in [0.05, 0.1) is 10.5 Å². The number of halogens is 1. The van der Waals surface area contributed by atoms with Crippen molar-refractivity contribution in [3.63, 3.8) is 0 Å². The molecule has 0 atom stereocenters. The van der Waals surface area contributed by atoms with Crippen molar-refractivity contribution < 1.29 is 9.72 Å². The second kappa shape index (κ2) is 8.99. The van der Waals surface area contributed by atoms with Gasteiger partial charge in [-0.05, 0) is 69.8 Å². The molecule has 1 aliphatic heterocycles. The Morgan fingerprint density at radius 3 is 2.42 bits per heavy atom. The summed E-state index contributed by atoms with van der Waals surface area (Å²) in [6, 6.07) is 6.34. The molecule has 7 heteroatoms. The van der Waals surface area contributed by atoms with Crippen molar-refractivity contribution in [2.24, 2.45) is 5.92 Å². The van der Waals surface area contributed by atoms with E-state index in [1.165, 1.54) is 12.1 Å². The predicted octanol–water partition coefficient (Wildman–Crippen LogP) is 3.15. The number of carbonyl (C=O) groups excluding carboxylic acids is 1. The Bertz CT molecular complexity index is 555. The maximum Gasteiger partial charge on any atom is 0.269 e. The first kappa shape index (κ1) is 20.4. The third-order valence-electron chi connectivity index (χ3n) is 4.49. The predicted molar refractivity (Wildman–Crippen MR) is 96.3 cm³/mol. The number of nitrogens with zero attached hydrogens (tertiary/aromatic N) is 1. The minimum Gasteiger partial charge on any atom is -0.347 e. The minimum absolute atomic E-state index is 0. The zero-order chi connectivity index (χ0) is 16.9. The number of benzene rings is 1. The zero-order valence-electron chi connectivity index (χ0n) is 14.2. The molecule has 0 unspecified atom stereocenters. The zero-order valence-corrected chi connectivity index (χ0v) is 15.0. The van der Waals surface area contributed by atoms with Crippen LogP contribution in [0.4, 0.5) is 5.69 Å². The fourth-order valence-electron chi connectivity index (χ4n) is 2.99. The van der Waals surface area contributed by atoms with Crippen LogP contribution in [0.3, 0.4) is 0 Å². The van der Waals surface area contributed by atoms with E-state index in [-0.39, 0.29) is 24.0 Å². The Balaban J connectivity index is 0.00000288. The van der Waals surface area contributed by atoms with Crippen molar-refractivity contribution >= 4 is 24.0 Å². The summed E-state index contributed by atoms with van der Waals surface area (Å²) in [6.07, 6.45) is 3.73. The quantitative estimate of drug-likeness (QED) is 0.606. The summed E-state index contributed by atoms with van der Waals surface area (Å²) in [5.41, 5.74) is 0.375. The summed E-state index contributed by atoms with van der Waals surface area (Å²) in [4.78, 5) is 22.5. The van der Waals surface area contributed by atoms with Gasteiger partial charge >= 0.3 is 0 Å². The number of piperidine rings is 1. The fraction of sp³-hybridized carbons (Fsp3) is 0.588. The number of amides is 1. The first-order valence-electron chi connectivity index (χ1n) is 8.15. The molecule has 0 aliphatic carbocycles. The number of nitro benzene ring substituents is 1. The summed E-state index contributed by atoms with van der Waals surface area (Å²) in [7, 11) is 0. The molecule has 6 nitrogen and oxygen atoms in total. The van der Waals surface area contributed by atoms with Crippen LogP contribution in [0.25, 0.3) is 0 Å². The Hall–Kier alpha value is -1.66. The van der Waals surface area contributed by atoms with Gasteiger partial charge in [-0.15, -0.1) is 12.4 Å². The van der Waals surface area contributed by atoms with E-state index in [2.05, 4.69) is 10.6 Å². The normalized spacial score (nSPS) is 15.4. The largest absolute Gasteiger partial charge is 0.347 e. The standard InChI is InChI=1S/C17H25N3O3.ClH/c1-17(2,14-4-6-15(7-5-14)20(22)23)19-16(21)8-3-13-9-11-18-12-10-13;/h4-7,13,18H,3,8-12H2,1-2H3,(H,19,21);1H. The van der Waals surface area contributed by atoms with Gasteiger partial charge in [-0.2, -0.15) is 0 Å². The van der Waals surface area contributed by atoms with Crippen molar-refractivity contribution in [2.45, 2.75) is 45.1 Å². The van der Waals surface area contributed by atoms with E-state index in [1.807, 2.05) is 13.8 Å². The summed E-state index contributed by atoms with van der Waals surface area (Å²) in [6.45, 7) is 5.91. The molecule has 1 fully saturated rings. The summed E-state index contributed by atoms with van der Waals surface area (Å²) in [5, 5.41) is 17.1. The SMILES string of the molecule is CC(C)(NC(=O)CCC1CCNCC1)c1ccc([N+](=O)[O-])cc1.Cl. The average molecular weight is 356 g/mol. The number of nitrogens with one attached hydrogen (secondary N) is 2. The van der Waals surface area contributed by atoms with Crippen LogP contribution in [-0.4, -0.2) is 23.9 Å². The number of non-ortho nitro benzene ring substituents is 1. The number of hydrogen-bond acceptors (Lipinski definition) is 4. The second-order valence-corrected chi connectivity index (χ2v) is 6.71. The molecule has 1 aromatic rings. The number of carbonyl (C=O) groups is 1. The van der Waals surface area contributed by atoms with Gasteiger partial charge < -0.3 is 10.6 Å². The van der Waals surface area contributed by atoms with E-state index in [0.717, 1.165) is 37.9 Å². The van der Waals surface area contributed by atoms with Crippen LogP contribution >= 0.6 is 12.4 Å². The van der Waals surface area contributed by atoms with Gasteiger partial charge in [-0.3, -0.25) is 14.9 Å². The minimum atomic E-state index is -0.541. The Labute approximate surface area is 149 Å². The van der Waals surface area contributed by atoms with Crippen LogP contribution in [0.15, 0.2) is 24.3 Å². The molecule has 1 saturated heterocycles. The highest BCUT2D eigenvalue weighted by Gasteiger charge is 2.24. The first-order valence-corrected chi connectivity index (χ1v) is 8.15. The molecule has 24 heavy (non-hydrogen) atoms. The molecule has 0 spiro atoms. The Kier molecular flexibility index (Phi) is 7.63. The van der Waals surface area contributed by atoms with Crippen LogP contribution in [0.5, 0.6) is 0 Å². The third-order valence-corrected chi connectivity index (χ3v) is 4.49. The van der Waals surface area contributed by atoms with Crippen LogP contribution in [-0.2, 0) is 10.3 Å². The van der Waals surface area contributed by atoms with E-state index in [4.69, 9.17) is 0 Å². The molecule has 1 heterocycles. The van der Waals surface area contributed by atoms with Gasteiger partial charge in [0.25, 0.3) is 5.69 Å². The topological polar surface area (TPSA) is 84.3 Å². The monoisotopic (exact) mass is 355 g/mol. The lowest BCUT2D eigenvalue weighted by Gasteiger charge is -2.28. The molecule has 134 valence electrons.